The number of unbranched alkanes of at least 4 members (excludes halogenated alkanes) is 32. The number of allylic oxidation sites excluding steroid dienone is 6. The number of carboxylic acid groups (broad SMARTS) is 1. The van der Waals surface area contributed by atoms with Gasteiger partial charge in [-0.2, -0.15) is 0 Å². The Hall–Kier alpha value is -2.49. The highest BCUT2D eigenvalue weighted by Crippen LogP contribution is 2.16. The second-order valence-electron chi connectivity index (χ2n) is 20.6. The van der Waals surface area contributed by atoms with Crippen molar-refractivity contribution in [3.05, 3.63) is 36.5 Å². The molecule has 2 unspecified atom stereocenters. The van der Waals surface area contributed by atoms with E-state index in [1.54, 1.807) is 0 Å². The molecule has 0 spiro atoms. The van der Waals surface area contributed by atoms with E-state index in [4.69, 9.17) is 18.9 Å². The Balaban J connectivity index is 4.18. The third-order valence-corrected chi connectivity index (χ3v) is 12.6. The van der Waals surface area contributed by atoms with E-state index in [0.717, 1.165) is 57.8 Å². The molecule has 0 fully saturated rings. The molecule has 0 aliphatic rings. The lowest BCUT2D eigenvalue weighted by Crippen LogP contribution is -2.40. The minimum atomic E-state index is -1.51. The number of esters is 2. The van der Waals surface area contributed by atoms with Crippen LogP contribution >= 0.6 is 0 Å². The SMILES string of the molecule is CCCCCC/C=C\C/C=C\CCCCCCCC(=O)OC(COC(=O)CCCCCCCCCCCCCCCCC/C=C\CCCCCCCCCC)COC(OCC[N+](C)(C)C)C(=O)O. The second kappa shape index (κ2) is 50.9. The average molecular weight is 962 g/mol. The smallest absolute Gasteiger partial charge is 0.361 e. The van der Waals surface area contributed by atoms with Crippen LogP contribution in [0.2, 0.25) is 0 Å². The normalized spacial score (nSPS) is 13.0. The van der Waals surface area contributed by atoms with Crippen molar-refractivity contribution in [3.63, 3.8) is 0 Å². The van der Waals surface area contributed by atoms with Crippen LogP contribution < -0.4 is 0 Å². The van der Waals surface area contributed by atoms with Crippen LogP contribution in [0.4, 0.5) is 0 Å². The molecule has 1 N–H and O–H groups in total. The molecule has 68 heavy (non-hydrogen) atoms. The summed E-state index contributed by atoms with van der Waals surface area (Å²) in [6, 6.07) is 0. The molecule has 0 aliphatic heterocycles. The van der Waals surface area contributed by atoms with Gasteiger partial charge >= 0.3 is 17.9 Å². The molecular formula is C59H110NO8+. The molecule has 398 valence electrons. The van der Waals surface area contributed by atoms with Crippen LogP contribution in [-0.2, 0) is 33.3 Å². The fourth-order valence-electron chi connectivity index (χ4n) is 8.16. The lowest BCUT2D eigenvalue weighted by molar-refractivity contribution is -0.870. The van der Waals surface area contributed by atoms with Crippen molar-refractivity contribution in [2.45, 2.75) is 277 Å². The first kappa shape index (κ1) is 65.5. The van der Waals surface area contributed by atoms with E-state index in [1.807, 2.05) is 21.1 Å². The van der Waals surface area contributed by atoms with Gasteiger partial charge in [-0.25, -0.2) is 4.79 Å². The van der Waals surface area contributed by atoms with Crippen molar-refractivity contribution in [3.8, 4) is 0 Å². The Morgan fingerprint density at radius 2 is 0.794 bits per heavy atom. The van der Waals surface area contributed by atoms with Crippen LogP contribution in [0.1, 0.15) is 264 Å². The molecule has 0 saturated carbocycles. The molecule has 0 saturated heterocycles. The first-order valence-electron chi connectivity index (χ1n) is 28.7. The number of quaternary nitrogens is 1. The van der Waals surface area contributed by atoms with Crippen LogP contribution in [0.5, 0.6) is 0 Å². The van der Waals surface area contributed by atoms with E-state index in [1.165, 1.54) is 173 Å². The Morgan fingerprint density at radius 3 is 1.19 bits per heavy atom. The van der Waals surface area contributed by atoms with Crippen LogP contribution in [0.3, 0.4) is 0 Å². The van der Waals surface area contributed by atoms with Gasteiger partial charge in [0.2, 0.25) is 0 Å². The number of carbonyl (C=O) groups excluding carboxylic acids is 2. The first-order valence-corrected chi connectivity index (χ1v) is 28.7. The molecule has 0 radical (unpaired) electrons. The molecule has 0 heterocycles. The van der Waals surface area contributed by atoms with Crippen molar-refractivity contribution in [2.24, 2.45) is 0 Å². The predicted molar refractivity (Wildman–Crippen MR) is 286 cm³/mol. The standard InChI is InChI=1S/C59H109NO8/c1-6-8-10-12-14-16-18-20-22-24-25-26-27-28-29-30-31-32-33-34-36-37-39-41-43-45-47-49-56(61)66-53-55(54-67-59(58(63)64)65-52-51-60(3,4)5)68-57(62)50-48-46-44-42-40-38-35-23-21-19-17-15-13-11-9-7-2/h17,19,23-25,35,55,59H,6-16,18,20-22,26-34,36-54H2,1-5H3/p+1/b19-17-,25-24-,35-23-. The summed E-state index contributed by atoms with van der Waals surface area (Å²) < 4.78 is 22.8. The Labute approximate surface area is 420 Å². The molecule has 9 nitrogen and oxygen atoms in total. The van der Waals surface area contributed by atoms with Gasteiger partial charge in [0.05, 0.1) is 34.4 Å². The molecule has 2 atom stereocenters. The zero-order valence-corrected chi connectivity index (χ0v) is 45.3. The minimum absolute atomic E-state index is 0.185. The monoisotopic (exact) mass is 961 g/mol. The topological polar surface area (TPSA) is 108 Å². The maximum atomic E-state index is 12.8. The van der Waals surface area contributed by atoms with Gasteiger partial charge in [-0.05, 0) is 70.6 Å². The maximum absolute atomic E-state index is 12.8. The average Bonchev–Trinajstić information content (AvgIpc) is 3.30. The van der Waals surface area contributed by atoms with Crippen LogP contribution in [-0.4, -0.2) is 87.4 Å². The van der Waals surface area contributed by atoms with Gasteiger partial charge in [0.25, 0.3) is 6.29 Å². The van der Waals surface area contributed by atoms with Crippen molar-refractivity contribution < 1.29 is 42.9 Å². The largest absolute Gasteiger partial charge is 0.477 e. The van der Waals surface area contributed by atoms with Gasteiger partial charge in [-0.3, -0.25) is 9.59 Å². The third-order valence-electron chi connectivity index (χ3n) is 12.6. The molecule has 9 heteroatoms. The number of likely N-dealkylation sites (N-methyl/N-ethyl adjacent to an activating group) is 1. The fraction of sp³-hybridized carbons (Fsp3) is 0.847. The summed E-state index contributed by atoms with van der Waals surface area (Å²) in [7, 11) is 5.96. The number of ether oxygens (including phenoxy) is 4. The number of aliphatic carboxylic acids is 1. The molecule has 0 amide bonds. The Bertz CT molecular complexity index is 1210. The summed E-state index contributed by atoms with van der Waals surface area (Å²) in [4.78, 5) is 37.3. The number of nitrogens with zero attached hydrogens (tertiary/aromatic N) is 1. The number of carboxylic acids is 1. The summed E-state index contributed by atoms with van der Waals surface area (Å²) in [6.45, 7) is 4.87. The van der Waals surface area contributed by atoms with Gasteiger partial charge in [0.1, 0.15) is 13.2 Å². The zero-order valence-electron chi connectivity index (χ0n) is 45.3. The first-order chi connectivity index (χ1) is 33.1. The van der Waals surface area contributed by atoms with E-state index >= 15 is 0 Å². The number of hydrogen-bond acceptors (Lipinski definition) is 7. The molecule has 0 bridgehead atoms. The van der Waals surface area contributed by atoms with Gasteiger partial charge < -0.3 is 28.5 Å². The Morgan fingerprint density at radius 1 is 0.441 bits per heavy atom. The van der Waals surface area contributed by atoms with Gasteiger partial charge in [0, 0.05) is 12.8 Å². The third kappa shape index (κ3) is 51.4. The van der Waals surface area contributed by atoms with E-state index < -0.39 is 24.3 Å². The summed E-state index contributed by atoms with van der Waals surface area (Å²) in [5.41, 5.74) is 0. The highest BCUT2D eigenvalue weighted by atomic mass is 16.7. The number of carbonyl (C=O) groups is 3. The van der Waals surface area contributed by atoms with Crippen LogP contribution in [0.25, 0.3) is 0 Å². The fourth-order valence-corrected chi connectivity index (χ4v) is 8.16. The maximum Gasteiger partial charge on any atom is 0.361 e. The lowest BCUT2D eigenvalue weighted by atomic mass is 10.0. The predicted octanol–water partition coefficient (Wildman–Crippen LogP) is 16.5. The van der Waals surface area contributed by atoms with Crippen molar-refractivity contribution in [1.29, 1.82) is 0 Å². The zero-order chi connectivity index (χ0) is 49.9. The summed E-state index contributed by atoms with van der Waals surface area (Å²) in [6.07, 6.45) is 58.0. The van der Waals surface area contributed by atoms with Crippen molar-refractivity contribution in [1.82, 2.24) is 0 Å². The number of rotatable bonds is 53. The van der Waals surface area contributed by atoms with E-state index in [-0.39, 0.29) is 32.2 Å². The second-order valence-corrected chi connectivity index (χ2v) is 20.6. The van der Waals surface area contributed by atoms with Gasteiger partial charge in [0.15, 0.2) is 6.10 Å². The van der Waals surface area contributed by atoms with Crippen LogP contribution in [0, 0.1) is 0 Å². The summed E-state index contributed by atoms with van der Waals surface area (Å²) >= 11 is 0. The molecule has 0 aromatic rings. The van der Waals surface area contributed by atoms with Crippen LogP contribution in [0.15, 0.2) is 36.5 Å². The number of hydrogen-bond donors (Lipinski definition) is 1. The summed E-state index contributed by atoms with van der Waals surface area (Å²) in [5, 5.41) is 9.68. The van der Waals surface area contributed by atoms with E-state index in [9.17, 15) is 19.5 Å². The minimum Gasteiger partial charge on any atom is -0.477 e. The van der Waals surface area contributed by atoms with E-state index in [0.29, 0.717) is 23.9 Å². The molecule has 0 aliphatic carbocycles. The molecule has 0 rings (SSSR count). The quantitative estimate of drug-likeness (QED) is 0.0211. The highest BCUT2D eigenvalue weighted by molar-refractivity contribution is 5.71. The molecule has 0 aromatic heterocycles. The molecular weight excluding hydrogens is 851 g/mol. The lowest BCUT2D eigenvalue weighted by Gasteiger charge is -2.25. The van der Waals surface area contributed by atoms with Crippen molar-refractivity contribution in [2.75, 3.05) is 47.5 Å². The highest BCUT2D eigenvalue weighted by Gasteiger charge is 2.25. The summed E-state index contributed by atoms with van der Waals surface area (Å²) in [5.74, 6) is -2.01. The molecule has 0 aromatic carbocycles. The van der Waals surface area contributed by atoms with Crippen molar-refractivity contribution >= 4 is 17.9 Å². The van der Waals surface area contributed by atoms with Gasteiger partial charge in [-0.15, -0.1) is 0 Å². The Kier molecular flexibility index (Phi) is 49.0. The van der Waals surface area contributed by atoms with Gasteiger partial charge in [-0.1, -0.05) is 217 Å². The van der Waals surface area contributed by atoms with E-state index in [2.05, 4.69) is 50.3 Å².